The van der Waals surface area contributed by atoms with E-state index in [1.807, 2.05) is 44.7 Å². The molecule has 2 aromatic rings. The highest BCUT2D eigenvalue weighted by Crippen LogP contribution is 2.34. The minimum absolute atomic E-state index is 0.0849. The third-order valence-electron chi connectivity index (χ3n) is 4.41. The van der Waals surface area contributed by atoms with Crippen molar-refractivity contribution in [3.63, 3.8) is 0 Å². The summed E-state index contributed by atoms with van der Waals surface area (Å²) < 4.78 is 5.40. The van der Waals surface area contributed by atoms with Gasteiger partial charge in [0.1, 0.15) is 29.6 Å². The Balaban J connectivity index is 2.16. The van der Waals surface area contributed by atoms with Gasteiger partial charge in [-0.1, -0.05) is 19.9 Å². The Kier molecular flexibility index (Phi) is 4.57. The Morgan fingerprint density at radius 1 is 1.28 bits per heavy atom. The van der Waals surface area contributed by atoms with Gasteiger partial charge in [-0.25, -0.2) is 19.7 Å². The maximum atomic E-state index is 12.5. The van der Waals surface area contributed by atoms with Crippen molar-refractivity contribution in [2.75, 3.05) is 23.8 Å². The number of nitrogens with two attached hydrogens (primary N) is 1. The molecule has 0 aliphatic carbocycles. The molecule has 132 valence electrons. The van der Waals surface area contributed by atoms with E-state index < -0.39 is 0 Å². The van der Waals surface area contributed by atoms with Crippen molar-refractivity contribution in [3.05, 3.63) is 41.0 Å². The van der Waals surface area contributed by atoms with Crippen LogP contribution >= 0.6 is 0 Å². The van der Waals surface area contributed by atoms with E-state index >= 15 is 0 Å². The fourth-order valence-corrected chi connectivity index (χ4v) is 3.14. The van der Waals surface area contributed by atoms with Crippen molar-refractivity contribution >= 4 is 17.6 Å². The lowest BCUT2D eigenvalue weighted by atomic mass is 10.0. The Morgan fingerprint density at radius 3 is 2.72 bits per heavy atom. The monoisotopic (exact) mass is 341 g/mol. The zero-order valence-electron chi connectivity index (χ0n) is 15.0. The van der Waals surface area contributed by atoms with Crippen LogP contribution in [0, 0.1) is 6.92 Å². The van der Waals surface area contributed by atoms with E-state index in [-0.39, 0.29) is 24.5 Å². The molecule has 0 aromatic carbocycles. The molecule has 3 heterocycles. The second-order valence-corrected chi connectivity index (χ2v) is 6.49. The van der Waals surface area contributed by atoms with Gasteiger partial charge in [0.2, 0.25) is 0 Å². The summed E-state index contributed by atoms with van der Waals surface area (Å²) in [7, 11) is 0. The van der Waals surface area contributed by atoms with Crippen LogP contribution in [0.25, 0.3) is 0 Å². The summed E-state index contributed by atoms with van der Waals surface area (Å²) in [6, 6.07) is 3.70. The Labute approximate surface area is 147 Å². The van der Waals surface area contributed by atoms with E-state index in [9.17, 15) is 4.79 Å². The summed E-state index contributed by atoms with van der Waals surface area (Å²) in [5, 5.41) is 0. The van der Waals surface area contributed by atoms with Gasteiger partial charge >= 0.3 is 5.97 Å². The second-order valence-electron chi connectivity index (χ2n) is 6.49. The lowest BCUT2D eigenvalue weighted by Crippen LogP contribution is -2.31. The molecule has 3 rings (SSSR count). The highest BCUT2D eigenvalue weighted by Gasteiger charge is 2.32. The number of anilines is 2. The zero-order chi connectivity index (χ0) is 18.1. The van der Waals surface area contributed by atoms with Crippen molar-refractivity contribution in [2.45, 2.75) is 39.7 Å². The number of hydrogen-bond acceptors (Lipinski definition) is 7. The first-order valence-electron chi connectivity index (χ1n) is 8.42. The van der Waals surface area contributed by atoms with E-state index in [1.54, 1.807) is 6.20 Å². The topological polar surface area (TPSA) is 94.2 Å². The van der Waals surface area contributed by atoms with Crippen LogP contribution in [-0.4, -0.2) is 34.1 Å². The first kappa shape index (κ1) is 17.1. The predicted molar refractivity (Wildman–Crippen MR) is 95.6 cm³/mol. The van der Waals surface area contributed by atoms with Gasteiger partial charge < -0.3 is 15.4 Å². The molecule has 2 aromatic heterocycles. The van der Waals surface area contributed by atoms with Crippen molar-refractivity contribution in [3.8, 4) is 0 Å². The van der Waals surface area contributed by atoms with Gasteiger partial charge in [0.05, 0.1) is 18.3 Å². The first-order chi connectivity index (χ1) is 11.9. The summed E-state index contributed by atoms with van der Waals surface area (Å²) >= 11 is 0. The molecule has 2 N–H and O–H groups in total. The van der Waals surface area contributed by atoms with Crippen molar-refractivity contribution in [2.24, 2.45) is 0 Å². The fourth-order valence-electron chi connectivity index (χ4n) is 3.14. The molecule has 0 amide bonds. The number of cyclic esters (lactones) is 1. The van der Waals surface area contributed by atoms with Crippen LogP contribution in [0.4, 0.5) is 11.6 Å². The minimum Gasteiger partial charge on any atom is -0.460 e. The number of pyridine rings is 1. The normalized spacial score (nSPS) is 15.6. The van der Waals surface area contributed by atoms with Gasteiger partial charge in [0.15, 0.2) is 0 Å². The third-order valence-corrected chi connectivity index (χ3v) is 4.41. The number of nitrogens with zero attached hydrogens (tertiary/aromatic N) is 4. The average Bonchev–Trinajstić information content (AvgIpc) is 2.73. The van der Waals surface area contributed by atoms with Crippen LogP contribution < -0.4 is 10.6 Å². The van der Waals surface area contributed by atoms with Crippen LogP contribution in [0.2, 0.25) is 0 Å². The molecule has 0 saturated carbocycles. The van der Waals surface area contributed by atoms with Gasteiger partial charge in [-0.2, -0.15) is 0 Å². The van der Waals surface area contributed by atoms with Crippen LogP contribution in [0.3, 0.4) is 0 Å². The van der Waals surface area contributed by atoms with Crippen LogP contribution in [0.15, 0.2) is 18.3 Å². The quantitative estimate of drug-likeness (QED) is 0.858. The number of hydrogen-bond donors (Lipinski definition) is 1. The number of rotatable bonds is 3. The van der Waals surface area contributed by atoms with Gasteiger partial charge in [-0.15, -0.1) is 0 Å². The number of nitrogen functional groups attached to an aromatic ring is 1. The van der Waals surface area contributed by atoms with Crippen molar-refractivity contribution in [1.82, 2.24) is 15.0 Å². The van der Waals surface area contributed by atoms with Crippen LogP contribution in [0.5, 0.6) is 0 Å². The van der Waals surface area contributed by atoms with Gasteiger partial charge in [-0.3, -0.25) is 0 Å². The van der Waals surface area contributed by atoms with E-state index in [1.165, 1.54) is 0 Å². The number of ether oxygens (including phenoxy) is 1. The minimum atomic E-state index is -0.368. The summed E-state index contributed by atoms with van der Waals surface area (Å²) in [5.41, 5.74) is 8.11. The summed E-state index contributed by atoms with van der Waals surface area (Å²) in [4.78, 5) is 27.8. The third kappa shape index (κ3) is 3.14. The molecule has 0 fully saturated rings. The Bertz CT molecular complexity index is 806. The molecule has 0 radical (unpaired) electrons. The molecule has 1 aliphatic rings. The molecule has 0 spiro atoms. The summed E-state index contributed by atoms with van der Waals surface area (Å²) in [5.74, 6) is 1.43. The van der Waals surface area contributed by atoms with Gasteiger partial charge in [-0.05, 0) is 25.8 Å². The molecular formula is C18H23N5O2. The summed E-state index contributed by atoms with van der Waals surface area (Å²) in [6.45, 7) is 8.70. The number of carbonyl (C=O) groups is 1. The second kappa shape index (κ2) is 6.66. The van der Waals surface area contributed by atoms with Crippen molar-refractivity contribution < 1.29 is 9.53 Å². The van der Waals surface area contributed by atoms with E-state index in [4.69, 9.17) is 10.5 Å². The lowest BCUT2D eigenvalue weighted by Gasteiger charge is -2.30. The largest absolute Gasteiger partial charge is 0.460 e. The summed E-state index contributed by atoms with van der Waals surface area (Å²) in [6.07, 6.45) is 1.66. The average molecular weight is 341 g/mol. The number of carbonyl (C=O) groups excluding carboxylic acids is 1. The van der Waals surface area contributed by atoms with Gasteiger partial charge in [0.25, 0.3) is 0 Å². The SMILES string of the molecule is Cc1nc(C(C)C)c2c(n1)N(C(C)c1cccnc1N)CCOC2=O. The van der Waals surface area contributed by atoms with Gasteiger partial charge in [0, 0.05) is 11.8 Å². The number of esters is 1. The zero-order valence-corrected chi connectivity index (χ0v) is 15.0. The molecular weight excluding hydrogens is 318 g/mol. The van der Waals surface area contributed by atoms with Crippen LogP contribution in [0.1, 0.15) is 60.2 Å². The Hall–Kier alpha value is -2.70. The molecule has 1 unspecified atom stereocenters. The van der Waals surface area contributed by atoms with E-state index in [2.05, 4.69) is 15.0 Å². The number of aromatic nitrogens is 3. The molecule has 1 atom stereocenters. The maximum Gasteiger partial charge on any atom is 0.343 e. The molecule has 7 nitrogen and oxygen atoms in total. The molecule has 0 saturated heterocycles. The van der Waals surface area contributed by atoms with E-state index in [0.29, 0.717) is 35.3 Å². The van der Waals surface area contributed by atoms with E-state index in [0.717, 1.165) is 5.56 Å². The number of aryl methyl sites for hydroxylation is 1. The molecule has 25 heavy (non-hydrogen) atoms. The predicted octanol–water partition coefficient (Wildman–Crippen LogP) is 2.62. The lowest BCUT2D eigenvalue weighted by molar-refractivity contribution is 0.0523. The van der Waals surface area contributed by atoms with Crippen LogP contribution in [-0.2, 0) is 4.74 Å². The standard InChI is InChI=1S/C18H23N5O2/c1-10(2)15-14-17(22-12(4)21-15)23(8-9-25-18(14)24)11(3)13-6-5-7-20-16(13)19/h5-7,10-11H,8-9H2,1-4H3,(H2,19,20). The molecule has 1 aliphatic heterocycles. The molecule has 0 bridgehead atoms. The molecule has 7 heteroatoms. The van der Waals surface area contributed by atoms with Crippen molar-refractivity contribution in [1.29, 1.82) is 0 Å². The highest BCUT2D eigenvalue weighted by molar-refractivity contribution is 5.97. The highest BCUT2D eigenvalue weighted by atomic mass is 16.5. The smallest absolute Gasteiger partial charge is 0.343 e. The number of fused-ring (bicyclic) bond motifs is 1. The first-order valence-corrected chi connectivity index (χ1v) is 8.42. The Morgan fingerprint density at radius 2 is 2.04 bits per heavy atom. The fraction of sp³-hybridized carbons (Fsp3) is 0.444. The maximum absolute atomic E-state index is 12.5.